The summed E-state index contributed by atoms with van der Waals surface area (Å²) >= 11 is 0. The molecule has 1 aromatic carbocycles. The summed E-state index contributed by atoms with van der Waals surface area (Å²) in [6.45, 7) is 3.62. The number of aliphatic hydroxyl groups is 1. The summed E-state index contributed by atoms with van der Waals surface area (Å²) in [4.78, 5) is 0. The van der Waals surface area contributed by atoms with Crippen LogP contribution >= 0.6 is 0 Å². The Kier molecular flexibility index (Phi) is 4.00. The molecule has 1 unspecified atom stereocenters. The highest BCUT2D eigenvalue weighted by atomic mass is 16.3. The Bertz CT molecular complexity index is 367. The quantitative estimate of drug-likeness (QED) is 0.445. The van der Waals surface area contributed by atoms with Crippen molar-refractivity contribution in [1.82, 2.24) is 0 Å². The minimum absolute atomic E-state index is 0.0994. The van der Waals surface area contributed by atoms with Gasteiger partial charge in [0, 0.05) is 5.71 Å². The zero-order valence-electron chi connectivity index (χ0n) is 8.88. The van der Waals surface area contributed by atoms with Gasteiger partial charge in [0.1, 0.15) is 6.10 Å². The molecule has 1 rings (SSSR count). The highest BCUT2D eigenvalue weighted by Gasteiger charge is 2.10. The first kappa shape index (κ1) is 11.4. The lowest BCUT2D eigenvalue weighted by atomic mass is 10.1. The average molecular weight is 205 g/mol. The van der Waals surface area contributed by atoms with Gasteiger partial charge in [0.05, 0.1) is 0 Å². The Labute approximate surface area is 89.2 Å². The van der Waals surface area contributed by atoms with Crippen LogP contribution in [0.25, 0.3) is 0 Å². The van der Waals surface area contributed by atoms with Crippen LogP contribution in [0, 0.1) is 0 Å². The Balaban J connectivity index is 2.82. The predicted molar refractivity (Wildman–Crippen MR) is 61.8 cm³/mol. The van der Waals surface area contributed by atoms with E-state index in [1.165, 1.54) is 0 Å². The largest absolute Gasteiger partial charge is 0.383 e. The van der Waals surface area contributed by atoms with Gasteiger partial charge in [-0.2, -0.15) is 5.10 Å². The molecular weight excluding hydrogens is 190 g/mol. The Morgan fingerprint density at radius 2 is 1.80 bits per heavy atom. The number of amidine groups is 1. The summed E-state index contributed by atoms with van der Waals surface area (Å²) < 4.78 is 0. The van der Waals surface area contributed by atoms with Gasteiger partial charge in [0.25, 0.3) is 0 Å². The smallest absolute Gasteiger partial charge is 0.155 e. The fraction of sp³-hybridized carbons (Fsp3) is 0.273. The van der Waals surface area contributed by atoms with E-state index in [1.54, 1.807) is 12.1 Å². The number of hydrogen-bond acceptors (Lipinski definition) is 3. The summed E-state index contributed by atoms with van der Waals surface area (Å²) in [5.74, 6) is 0.0994. The molecule has 3 N–H and O–H groups in total. The zero-order valence-corrected chi connectivity index (χ0v) is 8.88. The second kappa shape index (κ2) is 5.26. The molecule has 0 saturated carbocycles. The van der Waals surface area contributed by atoms with Crippen molar-refractivity contribution in [2.24, 2.45) is 15.9 Å². The van der Waals surface area contributed by atoms with Crippen molar-refractivity contribution in [3.8, 4) is 0 Å². The van der Waals surface area contributed by atoms with E-state index in [2.05, 4.69) is 10.2 Å². The fourth-order valence-electron chi connectivity index (χ4n) is 1.02. The molecule has 0 spiro atoms. The maximum absolute atomic E-state index is 9.78. The molecule has 80 valence electrons. The van der Waals surface area contributed by atoms with Crippen LogP contribution in [0.4, 0.5) is 0 Å². The summed E-state index contributed by atoms with van der Waals surface area (Å²) in [5, 5.41) is 17.3. The van der Waals surface area contributed by atoms with Crippen LogP contribution in [-0.4, -0.2) is 16.7 Å². The highest BCUT2D eigenvalue weighted by molar-refractivity contribution is 5.87. The van der Waals surface area contributed by atoms with Crippen LogP contribution in [0.3, 0.4) is 0 Å². The van der Waals surface area contributed by atoms with Crippen molar-refractivity contribution in [3.63, 3.8) is 0 Å². The number of rotatable bonds is 3. The molecule has 0 heterocycles. The molecule has 1 atom stereocenters. The van der Waals surface area contributed by atoms with E-state index >= 15 is 0 Å². The number of nitrogens with two attached hydrogens (primary N) is 1. The molecule has 15 heavy (non-hydrogen) atoms. The van der Waals surface area contributed by atoms with Gasteiger partial charge in [-0.15, -0.1) is 5.10 Å². The second-order valence-electron chi connectivity index (χ2n) is 3.39. The van der Waals surface area contributed by atoms with E-state index in [9.17, 15) is 5.11 Å². The Morgan fingerprint density at radius 3 is 2.33 bits per heavy atom. The van der Waals surface area contributed by atoms with Gasteiger partial charge in [-0.25, -0.2) is 0 Å². The van der Waals surface area contributed by atoms with E-state index in [0.29, 0.717) is 5.56 Å². The van der Waals surface area contributed by atoms with E-state index in [4.69, 9.17) is 5.73 Å². The molecule has 0 aromatic heterocycles. The third kappa shape index (κ3) is 3.52. The first-order valence-electron chi connectivity index (χ1n) is 4.68. The number of nitrogens with zero attached hydrogens (tertiary/aromatic N) is 2. The molecule has 0 bridgehead atoms. The van der Waals surface area contributed by atoms with Gasteiger partial charge in [0.2, 0.25) is 0 Å². The summed E-state index contributed by atoms with van der Waals surface area (Å²) in [7, 11) is 0. The van der Waals surface area contributed by atoms with Crippen LogP contribution in [-0.2, 0) is 0 Å². The minimum Gasteiger partial charge on any atom is -0.383 e. The molecule has 0 radical (unpaired) electrons. The Morgan fingerprint density at radius 1 is 1.20 bits per heavy atom. The number of benzene rings is 1. The predicted octanol–water partition coefficient (Wildman–Crippen LogP) is 1.47. The van der Waals surface area contributed by atoms with Crippen molar-refractivity contribution in [1.29, 1.82) is 0 Å². The van der Waals surface area contributed by atoms with Gasteiger partial charge in [0.15, 0.2) is 5.84 Å². The van der Waals surface area contributed by atoms with Crippen LogP contribution in [0.15, 0.2) is 40.5 Å². The SMILES string of the molecule is CC(C)=N/N=C(\N)C(O)c1ccccc1. The van der Waals surface area contributed by atoms with Crippen molar-refractivity contribution >= 4 is 11.5 Å². The van der Waals surface area contributed by atoms with Gasteiger partial charge < -0.3 is 10.8 Å². The molecular formula is C11H15N3O. The van der Waals surface area contributed by atoms with Gasteiger partial charge in [-0.05, 0) is 19.4 Å². The van der Waals surface area contributed by atoms with Crippen LogP contribution in [0.5, 0.6) is 0 Å². The van der Waals surface area contributed by atoms with Gasteiger partial charge in [-0.3, -0.25) is 0 Å². The van der Waals surface area contributed by atoms with Crippen LogP contribution in [0.2, 0.25) is 0 Å². The summed E-state index contributed by atoms with van der Waals surface area (Å²) in [6, 6.07) is 9.11. The molecule has 1 aromatic rings. The van der Waals surface area contributed by atoms with Crippen LogP contribution < -0.4 is 5.73 Å². The molecule has 0 aliphatic carbocycles. The van der Waals surface area contributed by atoms with Crippen molar-refractivity contribution in [2.75, 3.05) is 0 Å². The summed E-state index contributed by atoms with van der Waals surface area (Å²) in [5.41, 5.74) is 7.09. The average Bonchev–Trinajstić information content (AvgIpc) is 2.26. The van der Waals surface area contributed by atoms with E-state index in [1.807, 2.05) is 32.0 Å². The van der Waals surface area contributed by atoms with E-state index in [-0.39, 0.29) is 5.84 Å². The first-order valence-corrected chi connectivity index (χ1v) is 4.68. The molecule has 0 aliphatic heterocycles. The third-order valence-electron chi connectivity index (χ3n) is 1.76. The topological polar surface area (TPSA) is 71.0 Å². The highest BCUT2D eigenvalue weighted by Crippen LogP contribution is 2.11. The molecule has 0 aliphatic rings. The molecule has 0 saturated heterocycles. The third-order valence-corrected chi connectivity index (χ3v) is 1.76. The van der Waals surface area contributed by atoms with E-state index < -0.39 is 6.10 Å². The van der Waals surface area contributed by atoms with Crippen molar-refractivity contribution in [3.05, 3.63) is 35.9 Å². The lowest BCUT2D eigenvalue weighted by Gasteiger charge is -2.08. The zero-order chi connectivity index (χ0) is 11.3. The molecule has 4 nitrogen and oxygen atoms in total. The molecule has 0 fully saturated rings. The van der Waals surface area contributed by atoms with Crippen LogP contribution in [0.1, 0.15) is 25.5 Å². The van der Waals surface area contributed by atoms with Crippen molar-refractivity contribution in [2.45, 2.75) is 20.0 Å². The second-order valence-corrected chi connectivity index (χ2v) is 3.39. The normalized spacial score (nSPS) is 13.4. The van der Waals surface area contributed by atoms with Crippen molar-refractivity contribution < 1.29 is 5.11 Å². The standard InChI is InChI=1S/C11H15N3O/c1-8(2)13-14-11(12)10(15)9-6-4-3-5-7-9/h3-7,10,15H,1-2H3,(H2,12,14). The summed E-state index contributed by atoms with van der Waals surface area (Å²) in [6.07, 6.45) is -0.894. The maximum atomic E-state index is 9.78. The number of aliphatic hydroxyl groups excluding tert-OH is 1. The lowest BCUT2D eigenvalue weighted by molar-refractivity contribution is 0.245. The lowest BCUT2D eigenvalue weighted by Crippen LogP contribution is -2.21. The molecule has 0 amide bonds. The monoisotopic (exact) mass is 205 g/mol. The fourth-order valence-corrected chi connectivity index (χ4v) is 1.02. The molecule has 4 heteroatoms. The maximum Gasteiger partial charge on any atom is 0.155 e. The first-order chi connectivity index (χ1) is 7.11. The number of hydrogen-bond donors (Lipinski definition) is 2. The van der Waals surface area contributed by atoms with Gasteiger partial charge in [-0.1, -0.05) is 30.3 Å². The van der Waals surface area contributed by atoms with Gasteiger partial charge >= 0.3 is 0 Å². The Hall–Kier alpha value is -1.68. The minimum atomic E-state index is -0.894. The van der Waals surface area contributed by atoms with E-state index in [0.717, 1.165) is 5.71 Å².